The number of aliphatic carboxylic acids is 1. The molecule has 15 heavy (non-hydrogen) atoms. The van der Waals surface area contributed by atoms with Crippen LogP contribution in [-0.4, -0.2) is 22.0 Å². The minimum atomic E-state index is -1.42. The Kier molecular flexibility index (Phi) is 2.88. The molecule has 1 unspecified atom stereocenters. The largest absolute Gasteiger partial charge is 0.512 e. The second-order valence-electron chi connectivity index (χ2n) is 4.45. The molecule has 2 N–H and O–H groups in total. The maximum absolute atomic E-state index is 11.4. The molecule has 0 fully saturated rings. The lowest BCUT2D eigenvalue weighted by Gasteiger charge is -2.25. The summed E-state index contributed by atoms with van der Waals surface area (Å²) in [7, 11) is 0. The number of rotatable bonds is 3. The van der Waals surface area contributed by atoms with Gasteiger partial charge in [-0.05, 0) is 18.4 Å². The Balaban J connectivity index is 3.02. The molecule has 1 rings (SSSR count). The molecule has 0 amide bonds. The molecular weight excluding hydrogens is 196 g/mol. The van der Waals surface area contributed by atoms with Crippen LogP contribution in [-0.2, 0) is 9.59 Å². The summed E-state index contributed by atoms with van der Waals surface area (Å²) >= 11 is 0. The van der Waals surface area contributed by atoms with E-state index >= 15 is 0 Å². The summed E-state index contributed by atoms with van der Waals surface area (Å²) in [5.41, 5.74) is 0.0421. The molecule has 0 heterocycles. The number of hydrogen-bond donors (Lipinski definition) is 2. The summed E-state index contributed by atoms with van der Waals surface area (Å²) in [6, 6.07) is 0. The Morgan fingerprint density at radius 3 is 2.33 bits per heavy atom. The number of carbonyl (C=O) groups is 2. The van der Waals surface area contributed by atoms with Crippen molar-refractivity contribution in [1.82, 2.24) is 0 Å². The van der Waals surface area contributed by atoms with Gasteiger partial charge in [-0.3, -0.25) is 4.79 Å². The van der Waals surface area contributed by atoms with Crippen molar-refractivity contribution in [3.63, 3.8) is 0 Å². The van der Waals surface area contributed by atoms with Crippen molar-refractivity contribution in [2.24, 2.45) is 11.3 Å². The molecule has 1 aliphatic carbocycles. The van der Waals surface area contributed by atoms with Gasteiger partial charge in [0, 0.05) is 11.3 Å². The lowest BCUT2D eigenvalue weighted by Crippen LogP contribution is -2.33. The first-order valence-corrected chi connectivity index (χ1v) is 5.01. The Morgan fingerprint density at radius 1 is 1.47 bits per heavy atom. The zero-order chi connectivity index (χ0) is 11.8. The van der Waals surface area contributed by atoms with Crippen LogP contribution in [0.5, 0.6) is 0 Å². The highest BCUT2D eigenvalue weighted by molar-refractivity contribution is 6.33. The van der Waals surface area contributed by atoms with Gasteiger partial charge in [-0.1, -0.05) is 20.8 Å². The lowest BCUT2D eigenvalue weighted by molar-refractivity contribution is -0.152. The molecule has 1 aliphatic rings. The van der Waals surface area contributed by atoms with Crippen molar-refractivity contribution in [2.45, 2.75) is 33.6 Å². The van der Waals surface area contributed by atoms with E-state index in [1.54, 1.807) is 13.8 Å². The van der Waals surface area contributed by atoms with Crippen molar-refractivity contribution in [3.05, 3.63) is 11.3 Å². The molecule has 4 nitrogen and oxygen atoms in total. The third-order valence-corrected chi connectivity index (χ3v) is 3.22. The number of allylic oxidation sites excluding steroid dienone is 2. The molecule has 0 aliphatic heterocycles. The third-order valence-electron chi connectivity index (χ3n) is 3.22. The maximum Gasteiger partial charge on any atom is 0.372 e. The monoisotopic (exact) mass is 212 g/mol. The molecule has 0 aromatic rings. The van der Waals surface area contributed by atoms with Crippen molar-refractivity contribution >= 4 is 11.8 Å². The standard InChI is InChI=1S/C11H16O4/c1-4-6-5-7(8(12)10(14)15)11(2,3)9(6)13/h7,13H,4-5H2,1-3H3,(H,14,15). The summed E-state index contributed by atoms with van der Waals surface area (Å²) in [5, 5.41) is 18.5. The SMILES string of the molecule is CCC1=C(O)C(C)(C)C(C(=O)C(=O)O)C1. The van der Waals surface area contributed by atoms with Gasteiger partial charge in [0.15, 0.2) is 0 Å². The van der Waals surface area contributed by atoms with Gasteiger partial charge in [-0.2, -0.15) is 0 Å². The van der Waals surface area contributed by atoms with Gasteiger partial charge in [0.25, 0.3) is 0 Å². The van der Waals surface area contributed by atoms with E-state index in [4.69, 9.17) is 5.11 Å². The minimum absolute atomic E-state index is 0.185. The zero-order valence-corrected chi connectivity index (χ0v) is 9.20. The highest BCUT2D eigenvalue weighted by atomic mass is 16.4. The zero-order valence-electron chi connectivity index (χ0n) is 9.20. The molecule has 0 spiro atoms. The molecule has 1 atom stereocenters. The predicted octanol–water partition coefficient (Wildman–Crippen LogP) is 1.91. The summed E-state index contributed by atoms with van der Waals surface area (Å²) < 4.78 is 0. The van der Waals surface area contributed by atoms with Crippen LogP contribution >= 0.6 is 0 Å². The van der Waals surface area contributed by atoms with Gasteiger partial charge in [0.1, 0.15) is 0 Å². The van der Waals surface area contributed by atoms with Gasteiger partial charge in [-0.25, -0.2) is 4.79 Å². The fourth-order valence-electron chi connectivity index (χ4n) is 2.10. The Hall–Kier alpha value is -1.32. The lowest BCUT2D eigenvalue weighted by atomic mass is 9.78. The third kappa shape index (κ3) is 1.76. The molecule has 0 aromatic carbocycles. The summed E-state index contributed by atoms with van der Waals surface area (Å²) in [6.45, 7) is 5.29. The Labute approximate surface area is 88.6 Å². The van der Waals surface area contributed by atoms with E-state index in [1.165, 1.54) is 0 Å². The van der Waals surface area contributed by atoms with E-state index in [1.807, 2.05) is 6.92 Å². The van der Waals surface area contributed by atoms with Crippen molar-refractivity contribution in [3.8, 4) is 0 Å². The molecule has 0 saturated heterocycles. The van der Waals surface area contributed by atoms with Gasteiger partial charge >= 0.3 is 5.97 Å². The van der Waals surface area contributed by atoms with Crippen LogP contribution in [0, 0.1) is 11.3 Å². The molecular formula is C11H16O4. The molecule has 4 heteroatoms. The average molecular weight is 212 g/mol. The second-order valence-corrected chi connectivity index (χ2v) is 4.45. The van der Waals surface area contributed by atoms with Gasteiger partial charge in [-0.15, -0.1) is 0 Å². The predicted molar refractivity (Wildman–Crippen MR) is 54.5 cm³/mol. The summed E-state index contributed by atoms with van der Waals surface area (Å²) in [6.07, 6.45) is 1.01. The summed E-state index contributed by atoms with van der Waals surface area (Å²) in [4.78, 5) is 22.1. The molecule has 0 aromatic heterocycles. The van der Waals surface area contributed by atoms with Crippen molar-refractivity contribution in [2.75, 3.05) is 0 Å². The normalized spacial score (nSPS) is 24.3. The van der Waals surface area contributed by atoms with Crippen LogP contribution in [0.3, 0.4) is 0 Å². The number of ketones is 1. The number of aliphatic hydroxyl groups excluding tert-OH is 1. The number of carboxylic acid groups (broad SMARTS) is 1. The number of hydrogen-bond acceptors (Lipinski definition) is 3. The van der Waals surface area contributed by atoms with Gasteiger partial charge in [0.05, 0.1) is 5.76 Å². The number of carbonyl (C=O) groups excluding carboxylic acids is 1. The average Bonchev–Trinajstić information content (AvgIpc) is 2.38. The minimum Gasteiger partial charge on any atom is -0.512 e. The van der Waals surface area contributed by atoms with Gasteiger partial charge < -0.3 is 10.2 Å². The number of carboxylic acids is 1. The van der Waals surface area contributed by atoms with Crippen LogP contribution in [0.1, 0.15) is 33.6 Å². The first-order valence-electron chi connectivity index (χ1n) is 5.01. The number of Topliss-reactive ketones (excluding diaryl/α,β-unsaturated/α-hetero) is 1. The van der Waals surface area contributed by atoms with Crippen molar-refractivity contribution in [1.29, 1.82) is 0 Å². The van der Waals surface area contributed by atoms with E-state index in [-0.39, 0.29) is 5.76 Å². The topological polar surface area (TPSA) is 74.6 Å². The van der Waals surface area contributed by atoms with Crippen molar-refractivity contribution < 1.29 is 19.8 Å². The quantitative estimate of drug-likeness (QED) is 0.701. The Morgan fingerprint density at radius 2 is 2.00 bits per heavy atom. The highest BCUT2D eigenvalue weighted by Gasteiger charge is 2.46. The second kappa shape index (κ2) is 3.68. The molecule has 0 saturated carbocycles. The van der Waals surface area contributed by atoms with Crippen LogP contribution in [0.4, 0.5) is 0 Å². The van der Waals surface area contributed by atoms with E-state index in [0.717, 1.165) is 5.57 Å². The maximum atomic E-state index is 11.4. The number of aliphatic hydroxyl groups is 1. The fraction of sp³-hybridized carbons (Fsp3) is 0.636. The van der Waals surface area contributed by atoms with E-state index in [9.17, 15) is 14.7 Å². The molecule has 0 radical (unpaired) electrons. The first-order chi connectivity index (χ1) is 6.82. The molecule has 0 bridgehead atoms. The first kappa shape index (κ1) is 11.8. The van der Waals surface area contributed by atoms with Crippen LogP contribution in [0.25, 0.3) is 0 Å². The Bertz CT molecular complexity index is 338. The van der Waals surface area contributed by atoms with Crippen LogP contribution in [0.2, 0.25) is 0 Å². The van der Waals surface area contributed by atoms with E-state index < -0.39 is 23.1 Å². The molecule has 84 valence electrons. The van der Waals surface area contributed by atoms with Gasteiger partial charge in [0.2, 0.25) is 5.78 Å². The smallest absolute Gasteiger partial charge is 0.372 e. The van der Waals surface area contributed by atoms with Crippen LogP contribution < -0.4 is 0 Å². The van der Waals surface area contributed by atoms with E-state index in [0.29, 0.717) is 12.8 Å². The summed E-state index contributed by atoms with van der Waals surface area (Å²) in [5.74, 6) is -2.68. The van der Waals surface area contributed by atoms with Crippen LogP contribution in [0.15, 0.2) is 11.3 Å². The highest BCUT2D eigenvalue weighted by Crippen LogP contribution is 2.46. The fourth-order valence-corrected chi connectivity index (χ4v) is 2.10. The van der Waals surface area contributed by atoms with E-state index in [2.05, 4.69) is 0 Å².